The molecule has 1 fully saturated rings. The fraction of sp³-hybridized carbons (Fsp3) is 0.304. The molecule has 1 N–H and O–H groups in total. The lowest BCUT2D eigenvalue weighted by Gasteiger charge is -2.50. The summed E-state index contributed by atoms with van der Waals surface area (Å²) in [6.07, 6.45) is 8.21. The highest BCUT2D eigenvalue weighted by Crippen LogP contribution is 2.70. The predicted octanol–water partition coefficient (Wildman–Crippen LogP) is 5.28. The Morgan fingerprint density at radius 2 is 1.78 bits per heavy atom. The van der Waals surface area contributed by atoms with Gasteiger partial charge in [-0.25, -0.2) is 0 Å². The SMILES string of the molecule is OP1OC2(CC=CC3=C2[C@@]2(CCc4ccccc42)C(c2ccccc2)C3)O1. The molecule has 2 spiro atoms. The van der Waals surface area contributed by atoms with Crippen LogP contribution in [0, 0.1) is 0 Å². The minimum atomic E-state index is -1.75. The number of fused-ring (bicyclic) bond motifs is 4. The number of hydrogen-bond acceptors (Lipinski definition) is 3. The van der Waals surface area contributed by atoms with Gasteiger partial charge in [0.05, 0.1) is 0 Å². The lowest BCUT2D eigenvalue weighted by molar-refractivity contribution is -0.174. The molecule has 2 aromatic carbocycles. The van der Waals surface area contributed by atoms with Crippen molar-refractivity contribution in [1.82, 2.24) is 0 Å². The van der Waals surface area contributed by atoms with E-state index in [2.05, 4.69) is 66.7 Å². The van der Waals surface area contributed by atoms with Crippen LogP contribution in [0.1, 0.15) is 41.9 Å². The van der Waals surface area contributed by atoms with Gasteiger partial charge in [-0.1, -0.05) is 66.7 Å². The summed E-state index contributed by atoms with van der Waals surface area (Å²) in [5.74, 6) is -0.407. The van der Waals surface area contributed by atoms with Gasteiger partial charge in [-0.15, -0.1) is 0 Å². The van der Waals surface area contributed by atoms with E-state index in [0.29, 0.717) is 12.3 Å². The largest absolute Gasteiger partial charge is 0.335 e. The summed E-state index contributed by atoms with van der Waals surface area (Å²) < 4.78 is 11.9. The highest BCUT2D eigenvalue weighted by atomic mass is 31.2. The summed E-state index contributed by atoms with van der Waals surface area (Å²) in [5, 5.41) is 0. The van der Waals surface area contributed by atoms with Crippen LogP contribution in [0.25, 0.3) is 0 Å². The van der Waals surface area contributed by atoms with Gasteiger partial charge < -0.3 is 4.89 Å². The van der Waals surface area contributed by atoms with Gasteiger partial charge in [0.1, 0.15) is 0 Å². The first kappa shape index (κ1) is 16.2. The summed E-state index contributed by atoms with van der Waals surface area (Å²) >= 11 is 0. The first-order valence-corrected chi connectivity index (χ1v) is 10.8. The molecule has 27 heavy (non-hydrogen) atoms. The van der Waals surface area contributed by atoms with Gasteiger partial charge in [0.25, 0.3) is 0 Å². The van der Waals surface area contributed by atoms with Crippen molar-refractivity contribution in [3.63, 3.8) is 0 Å². The standard InChI is InChI=1S/C23H21O3P/c24-27-25-23(26-27)13-6-10-18-15-20(16-7-2-1-3-8-16)22(21(18)23)14-12-17-9-4-5-11-19(17)22/h1-11,20,24H,12-15H2/t20?,22-,23?,27?/m1/s1. The Hall–Kier alpha value is -1.77. The van der Waals surface area contributed by atoms with E-state index in [1.54, 1.807) is 0 Å². The monoisotopic (exact) mass is 376 g/mol. The van der Waals surface area contributed by atoms with Crippen LogP contribution in [0.2, 0.25) is 0 Å². The van der Waals surface area contributed by atoms with Crippen molar-refractivity contribution in [3.05, 3.63) is 94.6 Å². The molecule has 1 heterocycles. The van der Waals surface area contributed by atoms with Crippen LogP contribution in [0.5, 0.6) is 0 Å². The van der Waals surface area contributed by atoms with Crippen molar-refractivity contribution in [1.29, 1.82) is 0 Å². The smallest absolute Gasteiger partial charge is 0.328 e. The lowest BCUT2D eigenvalue weighted by Crippen LogP contribution is -2.50. The van der Waals surface area contributed by atoms with Crippen molar-refractivity contribution in [2.45, 2.75) is 42.8 Å². The molecule has 0 bridgehead atoms. The van der Waals surface area contributed by atoms with E-state index in [1.807, 2.05) is 0 Å². The van der Waals surface area contributed by atoms with Crippen LogP contribution in [-0.2, 0) is 20.9 Å². The first-order chi connectivity index (χ1) is 13.2. The molecular weight excluding hydrogens is 355 g/mol. The molecule has 1 saturated heterocycles. The third kappa shape index (κ3) is 2.06. The molecule has 4 heteroatoms. The van der Waals surface area contributed by atoms with Gasteiger partial charge in [-0.2, -0.15) is 0 Å². The Balaban J connectivity index is 1.60. The average Bonchev–Trinajstić information content (AvgIpc) is 3.23. The Morgan fingerprint density at radius 3 is 2.59 bits per heavy atom. The average molecular weight is 376 g/mol. The van der Waals surface area contributed by atoms with E-state index in [9.17, 15) is 4.89 Å². The van der Waals surface area contributed by atoms with E-state index >= 15 is 0 Å². The minimum Gasteiger partial charge on any atom is -0.328 e. The van der Waals surface area contributed by atoms with Gasteiger partial charge in [-0.3, -0.25) is 9.05 Å². The van der Waals surface area contributed by atoms with Gasteiger partial charge in [-0.05, 0) is 41.5 Å². The highest BCUT2D eigenvalue weighted by molar-refractivity contribution is 7.41. The molecule has 3 aliphatic carbocycles. The lowest BCUT2D eigenvalue weighted by atomic mass is 9.64. The minimum absolute atomic E-state index is 0.116. The van der Waals surface area contributed by atoms with E-state index in [1.165, 1.54) is 27.8 Å². The molecule has 6 rings (SSSR count). The summed E-state index contributed by atoms with van der Waals surface area (Å²) in [4.78, 5) is 9.87. The molecule has 0 aromatic heterocycles. The Bertz CT molecular complexity index is 974. The second-order valence-electron chi connectivity index (χ2n) is 7.98. The maximum atomic E-state index is 9.87. The molecule has 3 nitrogen and oxygen atoms in total. The van der Waals surface area contributed by atoms with Gasteiger partial charge in [0.2, 0.25) is 5.79 Å². The Labute approximate surface area is 160 Å². The van der Waals surface area contributed by atoms with Gasteiger partial charge in [0, 0.05) is 23.3 Å². The highest BCUT2D eigenvalue weighted by Gasteiger charge is 2.64. The third-order valence-electron chi connectivity index (χ3n) is 6.81. The van der Waals surface area contributed by atoms with E-state index in [4.69, 9.17) is 9.05 Å². The second kappa shape index (κ2) is 5.62. The number of rotatable bonds is 1. The summed E-state index contributed by atoms with van der Waals surface area (Å²) in [7, 11) is -1.75. The number of aryl methyl sites for hydroxylation is 1. The Kier molecular flexibility index (Phi) is 3.37. The fourth-order valence-corrected chi connectivity index (χ4v) is 6.78. The maximum Gasteiger partial charge on any atom is 0.335 e. The topological polar surface area (TPSA) is 38.7 Å². The summed E-state index contributed by atoms with van der Waals surface area (Å²) in [6.45, 7) is 0. The summed E-state index contributed by atoms with van der Waals surface area (Å²) in [5.41, 5.74) is 6.70. The van der Waals surface area contributed by atoms with Gasteiger partial charge in [0.15, 0.2) is 0 Å². The fourth-order valence-electron chi connectivity index (χ4n) is 5.93. The van der Waals surface area contributed by atoms with Gasteiger partial charge >= 0.3 is 8.60 Å². The second-order valence-corrected chi connectivity index (χ2v) is 8.82. The predicted molar refractivity (Wildman–Crippen MR) is 105 cm³/mol. The van der Waals surface area contributed by atoms with E-state index < -0.39 is 14.4 Å². The van der Waals surface area contributed by atoms with Crippen LogP contribution in [-0.4, -0.2) is 10.7 Å². The maximum absolute atomic E-state index is 9.87. The van der Waals surface area contributed by atoms with Crippen LogP contribution < -0.4 is 0 Å². The van der Waals surface area contributed by atoms with Crippen molar-refractivity contribution in [2.24, 2.45) is 0 Å². The zero-order valence-corrected chi connectivity index (χ0v) is 15.9. The quantitative estimate of drug-likeness (QED) is 0.689. The van der Waals surface area contributed by atoms with Crippen molar-refractivity contribution < 1.29 is 13.9 Å². The molecule has 1 aliphatic heterocycles. The number of hydrogen-bond donors (Lipinski definition) is 1. The molecule has 0 radical (unpaired) electrons. The Morgan fingerprint density at radius 1 is 1.00 bits per heavy atom. The molecule has 1 unspecified atom stereocenters. The van der Waals surface area contributed by atoms with Crippen molar-refractivity contribution in [3.8, 4) is 0 Å². The van der Waals surface area contributed by atoms with Crippen molar-refractivity contribution >= 4 is 8.60 Å². The van der Waals surface area contributed by atoms with Crippen LogP contribution >= 0.6 is 8.60 Å². The van der Waals surface area contributed by atoms with Crippen LogP contribution in [0.3, 0.4) is 0 Å². The molecule has 4 aliphatic rings. The van der Waals surface area contributed by atoms with E-state index in [-0.39, 0.29) is 5.41 Å². The molecule has 2 aromatic rings. The molecule has 2 atom stereocenters. The van der Waals surface area contributed by atoms with Crippen molar-refractivity contribution in [2.75, 3.05) is 0 Å². The molecule has 0 saturated carbocycles. The number of benzene rings is 2. The number of allylic oxidation sites excluding steroid dienone is 2. The summed E-state index contributed by atoms with van der Waals surface area (Å²) in [6, 6.07) is 19.7. The van der Waals surface area contributed by atoms with Crippen LogP contribution in [0.15, 0.2) is 77.9 Å². The normalized spacial score (nSPS) is 36.2. The zero-order chi connectivity index (χ0) is 18.1. The molecular formula is C23H21O3P. The molecule has 0 amide bonds. The molecule has 136 valence electrons. The third-order valence-corrected chi connectivity index (χ3v) is 7.71. The zero-order valence-electron chi connectivity index (χ0n) is 15.0. The van der Waals surface area contributed by atoms with Crippen LogP contribution in [0.4, 0.5) is 0 Å². The van der Waals surface area contributed by atoms with E-state index in [0.717, 1.165) is 19.3 Å². The first-order valence-electron chi connectivity index (χ1n) is 9.64.